The highest BCUT2D eigenvalue weighted by Gasteiger charge is 2.31. The molecule has 0 aliphatic rings. The van der Waals surface area contributed by atoms with Gasteiger partial charge >= 0.3 is 0 Å². The fourth-order valence-electron chi connectivity index (χ4n) is 5.38. The molecule has 37 heavy (non-hydrogen) atoms. The molecule has 0 bridgehead atoms. The Morgan fingerprint density at radius 3 is 1.43 bits per heavy atom. The molecule has 0 atom stereocenters. The van der Waals surface area contributed by atoms with E-state index in [2.05, 4.69) is 154 Å². The van der Waals surface area contributed by atoms with E-state index in [0.717, 1.165) is 11.8 Å². The fourth-order valence-corrected chi connectivity index (χ4v) is 5.93. The van der Waals surface area contributed by atoms with Crippen LogP contribution in [-0.4, -0.2) is 0 Å². The minimum atomic E-state index is 0.00251. The highest BCUT2D eigenvalue weighted by Crippen LogP contribution is 2.44. The molecule has 0 unspecified atom stereocenters. The van der Waals surface area contributed by atoms with Crippen LogP contribution in [0.3, 0.4) is 0 Å². The molecule has 0 aliphatic carbocycles. The van der Waals surface area contributed by atoms with E-state index in [-0.39, 0.29) is 21.7 Å². The molecule has 0 saturated carbocycles. The van der Waals surface area contributed by atoms with Crippen LogP contribution in [0.5, 0.6) is 0 Å². The first-order valence-corrected chi connectivity index (χ1v) is 14.9. The lowest BCUT2D eigenvalue weighted by Gasteiger charge is -2.35. The van der Waals surface area contributed by atoms with Crippen LogP contribution in [0.25, 0.3) is 11.1 Å². The number of alkyl halides is 1. The van der Waals surface area contributed by atoms with Crippen molar-refractivity contribution < 1.29 is 0 Å². The molecule has 0 amide bonds. The Bertz CT molecular complexity index is 1220. The van der Waals surface area contributed by atoms with E-state index in [9.17, 15) is 0 Å². The molecule has 3 aromatic carbocycles. The normalized spacial score (nSPS) is 13.2. The summed E-state index contributed by atoms with van der Waals surface area (Å²) in [6.45, 7) is 28.3. The monoisotopic (exact) mass is 560 g/mol. The summed E-state index contributed by atoms with van der Waals surface area (Å²) in [7, 11) is 0. The Morgan fingerprint density at radius 2 is 1.00 bits per heavy atom. The highest BCUT2D eigenvalue weighted by atomic mass is 79.9. The van der Waals surface area contributed by atoms with Gasteiger partial charge in [0.1, 0.15) is 0 Å². The van der Waals surface area contributed by atoms with Crippen LogP contribution in [0.4, 0.5) is 0 Å². The van der Waals surface area contributed by atoms with Gasteiger partial charge in [-0.2, -0.15) is 0 Å². The lowest BCUT2D eigenvalue weighted by Crippen LogP contribution is -2.25. The minimum Gasteiger partial charge on any atom is -0.0876 e. The summed E-state index contributed by atoms with van der Waals surface area (Å²) in [6, 6.07) is 21.0. The summed E-state index contributed by atoms with van der Waals surface area (Å²) in [5.41, 5.74) is 12.9. The van der Waals surface area contributed by atoms with E-state index in [4.69, 9.17) is 0 Å². The summed E-state index contributed by atoms with van der Waals surface area (Å²) in [5, 5.41) is 0.882. The van der Waals surface area contributed by atoms with Gasteiger partial charge in [-0.05, 0) is 78.2 Å². The third-order valence-corrected chi connectivity index (χ3v) is 8.02. The zero-order chi connectivity index (χ0) is 28.0. The van der Waals surface area contributed by atoms with Crippen LogP contribution in [0.1, 0.15) is 122 Å². The molecule has 1 heteroatoms. The predicted molar refractivity (Wildman–Crippen MR) is 169 cm³/mol. The Balaban J connectivity index is 2.40. The zero-order valence-corrected chi connectivity index (χ0v) is 27.1. The lowest BCUT2D eigenvalue weighted by molar-refractivity contribution is 0.527. The van der Waals surface area contributed by atoms with Crippen molar-refractivity contribution in [2.45, 2.75) is 116 Å². The number of halogens is 1. The standard InChI is InChI=1S/C36H49Br/c1-33(2,3)28-20-27(21-29(22-28)34(4,5)6)30-18-17-25(19-24-15-13-14-16-26(24)23-37)31(35(7,8)9)32(30)36(10,11)12/h13-18,20-22H,19,23H2,1-12H3. The summed E-state index contributed by atoms with van der Waals surface area (Å²) in [4.78, 5) is 0. The van der Waals surface area contributed by atoms with E-state index in [1.54, 1.807) is 0 Å². The Labute approximate surface area is 236 Å². The van der Waals surface area contributed by atoms with Gasteiger partial charge in [0, 0.05) is 5.33 Å². The van der Waals surface area contributed by atoms with E-state index < -0.39 is 0 Å². The van der Waals surface area contributed by atoms with Gasteiger partial charge in [-0.1, -0.05) is 154 Å². The third kappa shape index (κ3) is 6.78. The molecule has 0 fully saturated rings. The summed E-state index contributed by atoms with van der Waals surface area (Å²) in [6.07, 6.45) is 0.951. The SMILES string of the molecule is CC(C)(C)c1cc(-c2ccc(Cc3ccccc3CBr)c(C(C)(C)C)c2C(C)(C)C)cc(C(C)(C)C)c1. The first-order chi connectivity index (χ1) is 16.8. The smallest absolute Gasteiger partial charge is 0.0285 e. The molecule has 3 rings (SSSR count). The molecule has 3 aromatic rings. The van der Waals surface area contributed by atoms with E-state index in [1.807, 2.05) is 0 Å². The summed E-state index contributed by atoms with van der Waals surface area (Å²) >= 11 is 3.71. The average molecular weight is 562 g/mol. The quantitative estimate of drug-likeness (QED) is 0.278. The summed E-state index contributed by atoms with van der Waals surface area (Å²) in [5.74, 6) is 0. The number of benzene rings is 3. The van der Waals surface area contributed by atoms with Gasteiger partial charge in [-0.3, -0.25) is 0 Å². The Hall–Kier alpha value is -1.86. The van der Waals surface area contributed by atoms with Crippen molar-refractivity contribution in [1.29, 1.82) is 0 Å². The van der Waals surface area contributed by atoms with Crippen LogP contribution in [0, 0.1) is 0 Å². The molecule has 0 heterocycles. The molecule has 0 N–H and O–H groups in total. The molecular formula is C36H49Br. The third-order valence-electron chi connectivity index (χ3n) is 7.41. The van der Waals surface area contributed by atoms with Crippen molar-refractivity contribution >= 4 is 15.9 Å². The molecule has 0 aliphatic heterocycles. The zero-order valence-electron chi connectivity index (χ0n) is 25.5. The molecule has 0 nitrogen and oxygen atoms in total. The van der Waals surface area contributed by atoms with Crippen LogP contribution in [0.2, 0.25) is 0 Å². The van der Waals surface area contributed by atoms with Crippen molar-refractivity contribution in [1.82, 2.24) is 0 Å². The fraction of sp³-hybridized carbons (Fsp3) is 0.500. The molecule has 0 radical (unpaired) electrons. The second-order valence-corrected chi connectivity index (χ2v) is 15.5. The van der Waals surface area contributed by atoms with Crippen LogP contribution >= 0.6 is 15.9 Å². The van der Waals surface area contributed by atoms with Crippen molar-refractivity contribution in [3.05, 3.63) is 93.5 Å². The maximum atomic E-state index is 3.71. The Morgan fingerprint density at radius 1 is 0.514 bits per heavy atom. The van der Waals surface area contributed by atoms with Crippen LogP contribution in [0.15, 0.2) is 54.6 Å². The van der Waals surface area contributed by atoms with E-state index in [0.29, 0.717) is 0 Å². The van der Waals surface area contributed by atoms with Gasteiger partial charge in [-0.15, -0.1) is 0 Å². The predicted octanol–water partition coefficient (Wildman–Crippen LogP) is 11.0. The minimum absolute atomic E-state index is 0.00251. The Kier molecular flexibility index (Phi) is 8.32. The van der Waals surface area contributed by atoms with Gasteiger partial charge < -0.3 is 0 Å². The number of rotatable bonds is 4. The maximum absolute atomic E-state index is 3.71. The second-order valence-electron chi connectivity index (χ2n) is 14.9. The van der Waals surface area contributed by atoms with Crippen LogP contribution in [-0.2, 0) is 33.4 Å². The van der Waals surface area contributed by atoms with Crippen molar-refractivity contribution in [2.24, 2.45) is 0 Å². The van der Waals surface area contributed by atoms with Gasteiger partial charge in [0.05, 0.1) is 0 Å². The number of hydrogen-bond acceptors (Lipinski definition) is 0. The van der Waals surface area contributed by atoms with Gasteiger partial charge in [-0.25, -0.2) is 0 Å². The van der Waals surface area contributed by atoms with Gasteiger partial charge in [0.15, 0.2) is 0 Å². The largest absolute Gasteiger partial charge is 0.0876 e. The first kappa shape index (κ1) is 29.7. The van der Waals surface area contributed by atoms with E-state index in [1.165, 1.54) is 50.1 Å². The van der Waals surface area contributed by atoms with E-state index >= 15 is 0 Å². The van der Waals surface area contributed by atoms with Gasteiger partial charge in [0.2, 0.25) is 0 Å². The molecule has 0 spiro atoms. The lowest BCUT2D eigenvalue weighted by atomic mass is 9.69. The number of hydrogen-bond donors (Lipinski definition) is 0. The summed E-state index contributed by atoms with van der Waals surface area (Å²) < 4.78 is 0. The molecule has 0 aromatic heterocycles. The van der Waals surface area contributed by atoms with Crippen molar-refractivity contribution in [3.63, 3.8) is 0 Å². The van der Waals surface area contributed by atoms with Crippen molar-refractivity contribution in [2.75, 3.05) is 0 Å². The molecule has 200 valence electrons. The molecular weight excluding hydrogens is 512 g/mol. The highest BCUT2D eigenvalue weighted by molar-refractivity contribution is 9.08. The topological polar surface area (TPSA) is 0 Å². The van der Waals surface area contributed by atoms with Crippen LogP contribution < -0.4 is 0 Å². The average Bonchev–Trinajstić information content (AvgIpc) is 2.76. The molecule has 0 saturated heterocycles. The van der Waals surface area contributed by atoms with Gasteiger partial charge in [0.25, 0.3) is 0 Å². The van der Waals surface area contributed by atoms with Crippen molar-refractivity contribution in [3.8, 4) is 11.1 Å². The first-order valence-electron chi connectivity index (χ1n) is 13.8. The second kappa shape index (κ2) is 10.4. The maximum Gasteiger partial charge on any atom is 0.0285 e.